The average Bonchev–Trinajstić information content (AvgIpc) is 1.91. The first-order valence-corrected chi connectivity index (χ1v) is 1.91. The van der Waals surface area contributed by atoms with Gasteiger partial charge in [-0.2, -0.15) is 0 Å². The predicted molar refractivity (Wildman–Crippen MR) is 25.4 cm³/mol. The Balaban J connectivity index is 3.12. The molecule has 0 aliphatic heterocycles. The molecule has 1 rings (SSSR count). The Morgan fingerprint density at radius 3 is 2.71 bits per heavy atom. The van der Waals surface area contributed by atoms with E-state index in [0.29, 0.717) is 5.82 Å². The topological polar surface area (TPSA) is 56.7 Å². The molecule has 1 aromatic heterocycles. The number of hydrogen-bond donors (Lipinski definition) is 1. The molecule has 0 aliphatic carbocycles. The van der Waals surface area contributed by atoms with E-state index in [1.807, 2.05) is 0 Å². The summed E-state index contributed by atoms with van der Waals surface area (Å²) in [7, 11) is 1.74. The first kappa shape index (κ1) is 4.11. The van der Waals surface area contributed by atoms with Gasteiger partial charge in [-0.25, -0.2) is 4.68 Å². The lowest BCUT2D eigenvalue weighted by Gasteiger charge is -1.84. The highest BCUT2D eigenvalue weighted by Gasteiger charge is 1.86. The van der Waals surface area contributed by atoms with E-state index in [1.54, 1.807) is 7.05 Å². The molecule has 0 fully saturated rings. The van der Waals surface area contributed by atoms with Crippen molar-refractivity contribution < 1.29 is 0 Å². The zero-order valence-electron chi connectivity index (χ0n) is 4.00. The molecule has 0 bridgehead atoms. The molecule has 0 aliphatic rings. The second-order valence-corrected chi connectivity index (χ2v) is 1.28. The van der Waals surface area contributed by atoms with Gasteiger partial charge >= 0.3 is 0 Å². The standard InChI is InChI=1S/C3H6N4/c1-7-3(4)2-5-6-7/h2H,4H2,1H3. The van der Waals surface area contributed by atoms with Crippen LogP contribution in [-0.2, 0) is 7.05 Å². The molecule has 0 amide bonds. The smallest absolute Gasteiger partial charge is 0.141 e. The first-order chi connectivity index (χ1) is 3.30. The molecule has 0 saturated heterocycles. The summed E-state index contributed by atoms with van der Waals surface area (Å²) >= 11 is 0. The van der Waals surface area contributed by atoms with E-state index in [2.05, 4.69) is 10.3 Å². The number of rotatable bonds is 0. The zero-order valence-corrected chi connectivity index (χ0v) is 4.00. The molecule has 1 heterocycles. The second kappa shape index (κ2) is 1.22. The maximum Gasteiger partial charge on any atom is 0.141 e. The van der Waals surface area contributed by atoms with Gasteiger partial charge in [0.15, 0.2) is 0 Å². The molecular weight excluding hydrogens is 92.1 g/mol. The van der Waals surface area contributed by atoms with Gasteiger partial charge in [0.2, 0.25) is 0 Å². The van der Waals surface area contributed by atoms with Gasteiger partial charge in [0.1, 0.15) is 5.82 Å². The summed E-state index contributed by atoms with van der Waals surface area (Å²) in [6, 6.07) is 0. The van der Waals surface area contributed by atoms with Crippen molar-refractivity contribution in [3.63, 3.8) is 0 Å². The number of nitrogens with zero attached hydrogens (tertiary/aromatic N) is 3. The summed E-state index contributed by atoms with van der Waals surface area (Å²) in [4.78, 5) is 0. The van der Waals surface area contributed by atoms with E-state index < -0.39 is 0 Å². The van der Waals surface area contributed by atoms with Crippen LogP contribution in [0, 0.1) is 0 Å². The van der Waals surface area contributed by atoms with Crippen LogP contribution in [0.4, 0.5) is 5.82 Å². The lowest BCUT2D eigenvalue weighted by atomic mass is 10.8. The molecule has 0 aromatic carbocycles. The summed E-state index contributed by atoms with van der Waals surface area (Å²) in [6.45, 7) is 0. The molecule has 0 spiro atoms. The molecule has 0 unspecified atom stereocenters. The van der Waals surface area contributed by atoms with Crippen molar-refractivity contribution in [3.05, 3.63) is 6.20 Å². The fraction of sp³-hybridized carbons (Fsp3) is 0.333. The highest BCUT2D eigenvalue weighted by molar-refractivity contribution is 5.20. The van der Waals surface area contributed by atoms with Crippen LogP contribution < -0.4 is 5.73 Å². The molecule has 4 heteroatoms. The van der Waals surface area contributed by atoms with Crippen LogP contribution >= 0.6 is 0 Å². The number of nitrogen functional groups attached to an aromatic ring is 1. The SMILES string of the molecule is Cn1nncc1N. The van der Waals surface area contributed by atoms with Gasteiger partial charge in [-0.05, 0) is 0 Å². The number of aryl methyl sites for hydroxylation is 1. The summed E-state index contributed by atoms with van der Waals surface area (Å²) in [5.41, 5.74) is 5.28. The fourth-order valence-electron chi connectivity index (χ4n) is 0.298. The van der Waals surface area contributed by atoms with Crippen molar-refractivity contribution in [1.29, 1.82) is 0 Å². The first-order valence-electron chi connectivity index (χ1n) is 1.91. The van der Waals surface area contributed by atoms with Gasteiger partial charge in [0.25, 0.3) is 0 Å². The maximum atomic E-state index is 5.28. The summed E-state index contributed by atoms with van der Waals surface area (Å²) in [6.07, 6.45) is 1.50. The van der Waals surface area contributed by atoms with Crippen LogP contribution in [0.25, 0.3) is 0 Å². The average molecular weight is 98.1 g/mol. The summed E-state index contributed by atoms with van der Waals surface area (Å²) in [5, 5.41) is 7.07. The normalized spacial score (nSPS) is 9.29. The Morgan fingerprint density at radius 1 is 1.86 bits per heavy atom. The fourth-order valence-corrected chi connectivity index (χ4v) is 0.298. The van der Waals surface area contributed by atoms with Gasteiger partial charge < -0.3 is 5.73 Å². The lowest BCUT2D eigenvalue weighted by Crippen LogP contribution is -1.96. The molecule has 4 nitrogen and oxygen atoms in total. The van der Waals surface area contributed by atoms with E-state index in [4.69, 9.17) is 5.73 Å². The number of hydrogen-bond acceptors (Lipinski definition) is 3. The zero-order chi connectivity index (χ0) is 5.28. The largest absolute Gasteiger partial charge is 0.383 e. The minimum absolute atomic E-state index is 0.583. The Kier molecular flexibility index (Phi) is 0.714. The molecule has 0 radical (unpaired) electrons. The molecule has 7 heavy (non-hydrogen) atoms. The van der Waals surface area contributed by atoms with Crippen molar-refractivity contribution in [1.82, 2.24) is 15.0 Å². The molecule has 0 atom stereocenters. The van der Waals surface area contributed by atoms with Crippen LogP contribution in [0.2, 0.25) is 0 Å². The van der Waals surface area contributed by atoms with E-state index in [9.17, 15) is 0 Å². The Bertz CT molecular complexity index is 139. The van der Waals surface area contributed by atoms with Crippen molar-refractivity contribution in [2.75, 3.05) is 5.73 Å². The van der Waals surface area contributed by atoms with Crippen LogP contribution in [0.5, 0.6) is 0 Å². The van der Waals surface area contributed by atoms with Gasteiger partial charge in [0, 0.05) is 7.05 Å². The molecule has 1 aromatic rings. The minimum atomic E-state index is 0.583. The number of nitrogens with two attached hydrogens (primary N) is 1. The van der Waals surface area contributed by atoms with Crippen molar-refractivity contribution in [3.8, 4) is 0 Å². The summed E-state index contributed by atoms with van der Waals surface area (Å²) in [5.74, 6) is 0.583. The molecule has 2 N–H and O–H groups in total. The lowest BCUT2D eigenvalue weighted by molar-refractivity contribution is 0.723. The van der Waals surface area contributed by atoms with Crippen molar-refractivity contribution >= 4 is 5.82 Å². The van der Waals surface area contributed by atoms with E-state index >= 15 is 0 Å². The van der Waals surface area contributed by atoms with Crippen LogP contribution in [0.15, 0.2) is 6.20 Å². The third-order valence-electron chi connectivity index (χ3n) is 0.749. The van der Waals surface area contributed by atoms with Crippen molar-refractivity contribution in [2.45, 2.75) is 0 Å². The van der Waals surface area contributed by atoms with E-state index in [1.165, 1.54) is 10.9 Å². The Labute approximate surface area is 40.9 Å². The monoisotopic (exact) mass is 98.1 g/mol. The highest BCUT2D eigenvalue weighted by atomic mass is 15.4. The Hall–Kier alpha value is -1.06. The van der Waals surface area contributed by atoms with Gasteiger partial charge in [-0.3, -0.25) is 0 Å². The molecule has 0 saturated carbocycles. The number of anilines is 1. The second-order valence-electron chi connectivity index (χ2n) is 1.28. The summed E-state index contributed by atoms with van der Waals surface area (Å²) < 4.78 is 1.50. The third-order valence-corrected chi connectivity index (χ3v) is 0.749. The van der Waals surface area contributed by atoms with Crippen LogP contribution in [-0.4, -0.2) is 15.0 Å². The van der Waals surface area contributed by atoms with E-state index in [0.717, 1.165) is 0 Å². The highest BCUT2D eigenvalue weighted by Crippen LogP contribution is 1.88. The Morgan fingerprint density at radius 2 is 2.57 bits per heavy atom. The predicted octanol–water partition coefficient (Wildman–Crippen LogP) is -0.603. The molecule has 38 valence electrons. The quantitative estimate of drug-likeness (QED) is 0.471. The van der Waals surface area contributed by atoms with Crippen LogP contribution in [0.1, 0.15) is 0 Å². The minimum Gasteiger partial charge on any atom is -0.383 e. The van der Waals surface area contributed by atoms with Gasteiger partial charge in [0.05, 0.1) is 6.20 Å². The third kappa shape index (κ3) is 0.534. The van der Waals surface area contributed by atoms with Gasteiger partial charge in [-0.1, -0.05) is 5.21 Å². The van der Waals surface area contributed by atoms with Crippen molar-refractivity contribution in [2.24, 2.45) is 7.05 Å². The number of aromatic nitrogens is 3. The maximum absolute atomic E-state index is 5.28. The van der Waals surface area contributed by atoms with E-state index in [-0.39, 0.29) is 0 Å². The molecular formula is C3H6N4. The van der Waals surface area contributed by atoms with Gasteiger partial charge in [-0.15, -0.1) is 5.10 Å². The van der Waals surface area contributed by atoms with Crippen LogP contribution in [0.3, 0.4) is 0 Å².